The topological polar surface area (TPSA) is 53.9 Å². The molecule has 82 valence electrons. The average molecular weight is 200 g/mol. The first-order valence-corrected chi connectivity index (χ1v) is 5.62. The van der Waals surface area contributed by atoms with Crippen molar-refractivity contribution in [1.29, 1.82) is 0 Å². The predicted octanol–water partition coefficient (Wildman–Crippen LogP) is 1.13. The van der Waals surface area contributed by atoms with Crippen LogP contribution >= 0.6 is 0 Å². The summed E-state index contributed by atoms with van der Waals surface area (Å²) in [5, 5.41) is 0. The zero-order valence-electron chi connectivity index (χ0n) is 9.13. The molecule has 3 nitrogen and oxygen atoms in total. The number of quaternary nitrogens is 1. The predicted molar refractivity (Wildman–Crippen MR) is 54.5 cm³/mol. The van der Waals surface area contributed by atoms with E-state index in [1.54, 1.807) is 0 Å². The van der Waals surface area contributed by atoms with E-state index in [-0.39, 0.29) is 12.0 Å². The van der Waals surface area contributed by atoms with E-state index >= 15 is 0 Å². The molecule has 1 fully saturated rings. The number of ether oxygens (including phenoxy) is 1. The van der Waals surface area contributed by atoms with Gasteiger partial charge in [0.2, 0.25) is 0 Å². The average Bonchev–Trinajstić information content (AvgIpc) is 2.19. The molecule has 1 aliphatic rings. The molecule has 14 heavy (non-hydrogen) atoms. The zero-order valence-corrected chi connectivity index (χ0v) is 9.13. The SMILES string of the molecule is COC(=O)C[C@@H]([NH3+])CC1CCCCC1. The summed E-state index contributed by atoms with van der Waals surface area (Å²) in [4.78, 5) is 11.0. The number of carbonyl (C=O) groups is 1. The molecule has 0 aromatic heterocycles. The standard InChI is InChI=1S/C11H21NO2/c1-14-11(13)8-10(12)7-9-5-3-2-4-6-9/h9-10H,2-8,12H2,1H3/p+1/t10-/m0/s1. The van der Waals surface area contributed by atoms with Gasteiger partial charge in [0.15, 0.2) is 0 Å². The smallest absolute Gasteiger partial charge is 0.311 e. The lowest BCUT2D eigenvalue weighted by atomic mass is 9.84. The molecule has 0 amide bonds. The second kappa shape index (κ2) is 6.02. The van der Waals surface area contributed by atoms with Gasteiger partial charge in [-0.15, -0.1) is 0 Å². The Hall–Kier alpha value is -0.570. The van der Waals surface area contributed by atoms with E-state index < -0.39 is 0 Å². The number of rotatable bonds is 4. The second-order valence-electron chi connectivity index (χ2n) is 4.39. The van der Waals surface area contributed by atoms with Crippen molar-refractivity contribution in [1.82, 2.24) is 0 Å². The summed E-state index contributed by atoms with van der Waals surface area (Å²) in [6.45, 7) is 0. The maximum Gasteiger partial charge on any atom is 0.311 e. The molecule has 1 aliphatic carbocycles. The van der Waals surface area contributed by atoms with Crippen LogP contribution in [0, 0.1) is 5.92 Å². The van der Waals surface area contributed by atoms with Gasteiger partial charge in [-0.1, -0.05) is 32.1 Å². The summed E-state index contributed by atoms with van der Waals surface area (Å²) in [6, 6.07) is 0.241. The molecule has 1 saturated carbocycles. The van der Waals surface area contributed by atoms with Crippen LogP contribution in [0.1, 0.15) is 44.9 Å². The van der Waals surface area contributed by atoms with E-state index in [0.717, 1.165) is 12.3 Å². The Balaban J connectivity index is 2.18. The van der Waals surface area contributed by atoms with Crippen molar-refractivity contribution in [3.63, 3.8) is 0 Å². The van der Waals surface area contributed by atoms with E-state index in [2.05, 4.69) is 10.5 Å². The fourth-order valence-electron chi connectivity index (χ4n) is 2.30. The van der Waals surface area contributed by atoms with Gasteiger partial charge in [0.1, 0.15) is 0 Å². The van der Waals surface area contributed by atoms with Crippen LogP contribution in [0.4, 0.5) is 0 Å². The van der Waals surface area contributed by atoms with E-state index in [0.29, 0.717) is 6.42 Å². The van der Waals surface area contributed by atoms with Gasteiger partial charge in [-0.05, 0) is 5.92 Å². The third-order valence-electron chi connectivity index (χ3n) is 3.07. The number of esters is 1. The highest BCUT2D eigenvalue weighted by atomic mass is 16.5. The monoisotopic (exact) mass is 200 g/mol. The zero-order chi connectivity index (χ0) is 10.4. The molecule has 0 radical (unpaired) electrons. The van der Waals surface area contributed by atoms with Crippen LogP contribution in [0.2, 0.25) is 0 Å². The first kappa shape index (κ1) is 11.5. The molecular weight excluding hydrogens is 178 g/mol. The second-order valence-corrected chi connectivity index (χ2v) is 4.39. The van der Waals surface area contributed by atoms with Gasteiger partial charge in [-0.2, -0.15) is 0 Å². The van der Waals surface area contributed by atoms with Crippen molar-refractivity contribution in [2.75, 3.05) is 7.11 Å². The highest BCUT2D eigenvalue weighted by molar-refractivity contribution is 5.69. The van der Waals surface area contributed by atoms with Crippen LogP contribution in [-0.2, 0) is 9.53 Å². The quantitative estimate of drug-likeness (QED) is 0.692. The van der Waals surface area contributed by atoms with Crippen molar-refractivity contribution >= 4 is 5.97 Å². The van der Waals surface area contributed by atoms with Crippen LogP contribution in [0.15, 0.2) is 0 Å². The summed E-state index contributed by atoms with van der Waals surface area (Å²) >= 11 is 0. The molecule has 3 heteroatoms. The van der Waals surface area contributed by atoms with E-state index in [1.807, 2.05) is 0 Å². The van der Waals surface area contributed by atoms with Gasteiger partial charge in [0.05, 0.1) is 19.6 Å². The Morgan fingerprint density at radius 1 is 1.43 bits per heavy atom. The van der Waals surface area contributed by atoms with Crippen molar-refractivity contribution in [2.24, 2.45) is 5.92 Å². The van der Waals surface area contributed by atoms with Gasteiger partial charge < -0.3 is 10.5 Å². The molecule has 1 rings (SSSR count). The minimum absolute atomic E-state index is 0.124. The highest BCUT2D eigenvalue weighted by Crippen LogP contribution is 2.27. The van der Waals surface area contributed by atoms with E-state index in [4.69, 9.17) is 0 Å². The van der Waals surface area contributed by atoms with Gasteiger partial charge in [0.25, 0.3) is 0 Å². The van der Waals surface area contributed by atoms with Gasteiger partial charge in [-0.3, -0.25) is 4.79 Å². The fraction of sp³-hybridized carbons (Fsp3) is 0.909. The van der Waals surface area contributed by atoms with E-state index in [1.165, 1.54) is 39.2 Å². The van der Waals surface area contributed by atoms with Crippen molar-refractivity contribution in [3.8, 4) is 0 Å². The first-order valence-electron chi connectivity index (χ1n) is 5.62. The Morgan fingerprint density at radius 2 is 2.07 bits per heavy atom. The number of hydrogen-bond donors (Lipinski definition) is 1. The van der Waals surface area contributed by atoms with Crippen LogP contribution in [0.5, 0.6) is 0 Å². The largest absolute Gasteiger partial charge is 0.469 e. The molecule has 0 unspecified atom stereocenters. The number of methoxy groups -OCH3 is 1. The molecule has 1 atom stereocenters. The summed E-state index contributed by atoms with van der Waals surface area (Å²) in [5.74, 6) is 0.678. The lowest BCUT2D eigenvalue weighted by molar-refractivity contribution is -0.422. The van der Waals surface area contributed by atoms with Gasteiger partial charge >= 0.3 is 5.97 Å². The number of hydrogen-bond acceptors (Lipinski definition) is 2. The fourth-order valence-corrected chi connectivity index (χ4v) is 2.30. The Kier molecular flexibility index (Phi) is 4.94. The molecular formula is C11H22NO2+. The summed E-state index contributed by atoms with van der Waals surface area (Å²) in [7, 11) is 1.44. The number of carbonyl (C=O) groups excluding carboxylic acids is 1. The van der Waals surface area contributed by atoms with Gasteiger partial charge in [-0.25, -0.2) is 0 Å². The lowest BCUT2D eigenvalue weighted by Crippen LogP contribution is -2.62. The summed E-state index contributed by atoms with van der Waals surface area (Å²) in [5.41, 5.74) is 4.02. The third-order valence-corrected chi connectivity index (χ3v) is 3.07. The molecule has 0 aromatic carbocycles. The van der Waals surface area contributed by atoms with Crippen LogP contribution in [0.25, 0.3) is 0 Å². The highest BCUT2D eigenvalue weighted by Gasteiger charge is 2.20. The molecule has 0 aromatic rings. The van der Waals surface area contributed by atoms with Gasteiger partial charge in [0, 0.05) is 6.42 Å². The third kappa shape index (κ3) is 4.09. The summed E-state index contributed by atoms with van der Waals surface area (Å²) in [6.07, 6.45) is 8.32. The molecule has 0 bridgehead atoms. The summed E-state index contributed by atoms with van der Waals surface area (Å²) < 4.78 is 4.63. The molecule has 0 saturated heterocycles. The Morgan fingerprint density at radius 3 is 2.64 bits per heavy atom. The first-order chi connectivity index (χ1) is 6.72. The normalized spacial score (nSPS) is 20.4. The molecule has 0 aliphatic heterocycles. The van der Waals surface area contributed by atoms with E-state index in [9.17, 15) is 4.79 Å². The van der Waals surface area contributed by atoms with Crippen molar-refractivity contribution in [2.45, 2.75) is 51.0 Å². The molecule has 3 N–H and O–H groups in total. The minimum atomic E-state index is -0.124. The molecule has 0 heterocycles. The minimum Gasteiger partial charge on any atom is -0.469 e. The molecule has 0 spiro atoms. The van der Waals surface area contributed by atoms with Crippen LogP contribution < -0.4 is 5.73 Å². The lowest BCUT2D eigenvalue weighted by Gasteiger charge is -2.22. The van der Waals surface area contributed by atoms with Crippen LogP contribution in [-0.4, -0.2) is 19.1 Å². The maximum absolute atomic E-state index is 11.0. The van der Waals surface area contributed by atoms with Crippen molar-refractivity contribution in [3.05, 3.63) is 0 Å². The van der Waals surface area contributed by atoms with Crippen molar-refractivity contribution < 1.29 is 15.3 Å². The van der Waals surface area contributed by atoms with Crippen LogP contribution in [0.3, 0.4) is 0 Å². The Bertz CT molecular complexity index is 176. The maximum atomic E-state index is 11.0. The Labute approximate surface area is 86.0 Å².